The van der Waals surface area contributed by atoms with E-state index in [9.17, 15) is 0 Å². The summed E-state index contributed by atoms with van der Waals surface area (Å²) in [6.07, 6.45) is 16.1. The molecule has 0 spiro atoms. The number of hydrogen-bond acceptors (Lipinski definition) is 2. The number of allylic oxidation sites excluding steroid dienone is 4. The van der Waals surface area contributed by atoms with E-state index in [-0.39, 0.29) is 10.9 Å². The molecule has 4 aromatic carbocycles. The van der Waals surface area contributed by atoms with Gasteiger partial charge in [-0.3, -0.25) is 0 Å². The summed E-state index contributed by atoms with van der Waals surface area (Å²) < 4.78 is 0. The van der Waals surface area contributed by atoms with Crippen molar-refractivity contribution in [1.82, 2.24) is 9.80 Å². The van der Waals surface area contributed by atoms with Gasteiger partial charge in [0.1, 0.15) is 0 Å². The van der Waals surface area contributed by atoms with Crippen molar-refractivity contribution < 1.29 is 0 Å². The molecule has 4 aromatic rings. The van der Waals surface area contributed by atoms with Crippen LogP contribution in [0.2, 0.25) is 12.6 Å². The van der Waals surface area contributed by atoms with Crippen LogP contribution in [0.1, 0.15) is 57.3 Å². The fourth-order valence-corrected chi connectivity index (χ4v) is 8.38. The predicted molar refractivity (Wildman–Crippen MR) is 223 cm³/mol. The van der Waals surface area contributed by atoms with E-state index in [0.29, 0.717) is 0 Å². The van der Waals surface area contributed by atoms with E-state index < -0.39 is 0 Å². The smallest absolute Gasteiger partial charge is 0.158 e. The quantitative estimate of drug-likeness (QED) is 0.0500. The van der Waals surface area contributed by atoms with Crippen LogP contribution in [0.15, 0.2) is 148 Å². The van der Waals surface area contributed by atoms with Crippen LogP contribution in [-0.2, 0) is 36.6 Å². The Kier molecular flexibility index (Phi) is 14.5. The maximum Gasteiger partial charge on any atom is 0.158 e. The van der Waals surface area contributed by atoms with Crippen molar-refractivity contribution >= 4 is 14.6 Å². The molecule has 258 valence electrons. The van der Waals surface area contributed by atoms with Gasteiger partial charge in [-0.2, -0.15) is 0 Å². The molecule has 0 aliphatic rings. The van der Waals surface area contributed by atoms with E-state index >= 15 is 0 Å². The Labute approximate surface area is 305 Å². The van der Waals surface area contributed by atoms with Crippen molar-refractivity contribution in [2.75, 3.05) is 28.2 Å². The molecule has 0 heterocycles. The molecule has 0 aliphatic carbocycles. The van der Waals surface area contributed by atoms with Gasteiger partial charge in [-0.25, -0.2) is 0 Å². The first kappa shape index (κ1) is 38.7. The molecule has 0 fully saturated rings. The molecule has 2 nitrogen and oxygen atoms in total. The minimum Gasteiger partial charge on any atom is -0.303 e. The van der Waals surface area contributed by atoms with Gasteiger partial charge in [0.25, 0.3) is 0 Å². The lowest BCUT2D eigenvalue weighted by Crippen LogP contribution is -2.49. The van der Waals surface area contributed by atoms with Crippen LogP contribution in [-0.4, -0.2) is 52.5 Å². The second-order valence-corrected chi connectivity index (χ2v) is 14.0. The normalized spacial score (nSPS) is 11.7. The molecule has 0 saturated carbocycles. The molecule has 0 aliphatic heterocycles. The second kappa shape index (κ2) is 18.8. The molecule has 4 heteroatoms. The lowest BCUT2D eigenvalue weighted by Gasteiger charge is -2.44. The minimum absolute atomic E-state index is 0.264. The Morgan fingerprint density at radius 2 is 0.680 bits per heavy atom. The molecule has 0 N–H and O–H groups in total. The van der Waals surface area contributed by atoms with Crippen LogP contribution in [0.4, 0.5) is 0 Å². The highest BCUT2D eigenvalue weighted by Gasteiger charge is 2.41. The number of nitrogens with zero attached hydrogens (tertiary/aromatic N) is 2. The zero-order valence-electron chi connectivity index (χ0n) is 31.3. The predicted octanol–water partition coefficient (Wildman–Crippen LogP) is 9.32. The Balaban J connectivity index is 1.68. The molecule has 50 heavy (non-hydrogen) atoms. The van der Waals surface area contributed by atoms with Gasteiger partial charge in [0.2, 0.25) is 0 Å². The van der Waals surface area contributed by atoms with Crippen LogP contribution in [0.3, 0.4) is 0 Å². The summed E-state index contributed by atoms with van der Waals surface area (Å²) in [4.78, 5) is 4.92. The second-order valence-electron chi connectivity index (χ2n) is 14.0. The van der Waals surface area contributed by atoms with Crippen LogP contribution in [0.5, 0.6) is 0 Å². The molecule has 0 amide bonds. The van der Waals surface area contributed by atoms with Gasteiger partial charge in [0.05, 0.1) is 0 Å². The van der Waals surface area contributed by atoms with Crippen molar-refractivity contribution in [2.45, 2.75) is 62.0 Å². The monoisotopic (exact) mass is 660 g/mol. The lowest BCUT2D eigenvalue weighted by atomic mass is 9.46. The highest BCUT2D eigenvalue weighted by Crippen LogP contribution is 2.41. The third-order valence-electron chi connectivity index (χ3n) is 10.7. The Morgan fingerprint density at radius 1 is 0.440 bits per heavy atom. The molecule has 4 rings (SSSR count). The van der Waals surface area contributed by atoms with Crippen LogP contribution < -0.4 is 0 Å². The zero-order chi connectivity index (χ0) is 36.0. The number of rotatable bonds is 21. The van der Waals surface area contributed by atoms with E-state index in [2.05, 4.69) is 161 Å². The summed E-state index contributed by atoms with van der Waals surface area (Å²) in [5, 5.41) is 0. The number of benzene rings is 4. The lowest BCUT2D eigenvalue weighted by molar-refractivity contribution is 0.287. The fraction of sp³-hybridized carbons (Fsp3) is 0.304. The summed E-state index contributed by atoms with van der Waals surface area (Å²) >= 11 is 0. The van der Waals surface area contributed by atoms with Gasteiger partial charge in [0.15, 0.2) is 14.6 Å². The maximum absolute atomic E-state index is 4.11. The molecular weight excluding hydrogens is 602 g/mol. The molecule has 0 saturated heterocycles. The Hall–Kier alpha value is -4.11. The van der Waals surface area contributed by atoms with Gasteiger partial charge < -0.3 is 9.80 Å². The van der Waals surface area contributed by atoms with Crippen molar-refractivity contribution in [3.63, 3.8) is 0 Å². The third-order valence-corrected chi connectivity index (χ3v) is 10.7. The van der Waals surface area contributed by atoms with Gasteiger partial charge in [-0.1, -0.05) is 147 Å². The van der Waals surface area contributed by atoms with Crippen LogP contribution in [0, 0.1) is 0 Å². The molecular formula is C46H58B2N2. The fourth-order valence-electron chi connectivity index (χ4n) is 8.38. The first-order chi connectivity index (χ1) is 24.3. The van der Waals surface area contributed by atoms with E-state index in [1.165, 1.54) is 44.5 Å². The Morgan fingerprint density at radius 3 is 0.900 bits per heavy atom. The average Bonchev–Trinajstić information content (AvgIpc) is 3.12. The van der Waals surface area contributed by atoms with Gasteiger partial charge >= 0.3 is 0 Å². The van der Waals surface area contributed by atoms with Crippen molar-refractivity contribution in [3.8, 4) is 0 Å². The molecule has 0 unspecified atom stereocenters. The Bertz CT molecular complexity index is 1480. The van der Waals surface area contributed by atoms with Crippen molar-refractivity contribution in [2.24, 2.45) is 0 Å². The highest BCUT2D eigenvalue weighted by atomic mass is 15.1. The number of hydrogen-bond donors (Lipinski definition) is 0. The van der Waals surface area contributed by atoms with Crippen molar-refractivity contribution in [3.05, 3.63) is 192 Å². The maximum atomic E-state index is 4.11. The van der Waals surface area contributed by atoms with Crippen LogP contribution in [0.25, 0.3) is 0 Å². The summed E-state index contributed by atoms with van der Waals surface area (Å²) in [7, 11) is 11.1. The summed E-state index contributed by atoms with van der Waals surface area (Å²) in [5.41, 5.74) is 10.4. The van der Waals surface area contributed by atoms with Gasteiger partial charge in [-0.05, 0) is 98.4 Å². The molecule has 0 atom stereocenters. The number of unbranched alkanes of at least 4 members (excludes halogenated alkanes) is 1. The first-order valence-electron chi connectivity index (χ1n) is 18.4. The summed E-state index contributed by atoms with van der Waals surface area (Å²) in [6.45, 7) is 16.4. The van der Waals surface area contributed by atoms with E-state index in [1.54, 1.807) is 0 Å². The van der Waals surface area contributed by atoms with Gasteiger partial charge in [0, 0.05) is 10.9 Å². The van der Waals surface area contributed by atoms with Crippen LogP contribution >= 0.6 is 0 Å². The molecule has 0 bridgehead atoms. The molecule has 0 radical (unpaired) electrons. The van der Waals surface area contributed by atoms with E-state index in [0.717, 1.165) is 65.7 Å². The van der Waals surface area contributed by atoms with Crippen molar-refractivity contribution in [1.29, 1.82) is 0 Å². The summed E-state index contributed by atoms with van der Waals surface area (Å²) in [6, 6.07) is 35.9. The SMILES string of the molecule is C=CCc1ccccc1C(BCCCCBC(c1ccccc1CC=C)(c1ccccc1CC=C)N(C)C)(c1ccccc1CC=C)N(C)C. The van der Waals surface area contributed by atoms with E-state index in [1.807, 2.05) is 24.3 Å². The topological polar surface area (TPSA) is 6.48 Å². The minimum atomic E-state index is -0.264. The zero-order valence-corrected chi connectivity index (χ0v) is 31.3. The van der Waals surface area contributed by atoms with E-state index in [4.69, 9.17) is 0 Å². The standard InChI is InChI=1S/C46H58B2N2/c1-9-23-37-27-13-17-31-41(37)45(49(5)6,42-32-18-14-28-38(42)24-10-2)47-35-21-22-36-48-46(50(7)8,43-33-19-15-29-39(43)25-11-3)44-34-20-16-30-40(44)26-12-4/h9-20,27-34,47-48H,1-4,21-26,35-36H2,5-8H3. The summed E-state index contributed by atoms with van der Waals surface area (Å²) in [5.74, 6) is 0. The molecule has 0 aromatic heterocycles. The largest absolute Gasteiger partial charge is 0.303 e. The third kappa shape index (κ3) is 8.26. The first-order valence-corrected chi connectivity index (χ1v) is 18.4. The van der Waals surface area contributed by atoms with Gasteiger partial charge in [-0.15, -0.1) is 26.3 Å². The highest BCUT2D eigenvalue weighted by molar-refractivity contribution is 6.42. The average molecular weight is 661 g/mol.